The van der Waals surface area contributed by atoms with E-state index < -0.39 is 0 Å². The van der Waals surface area contributed by atoms with E-state index in [0.29, 0.717) is 23.0 Å². The Morgan fingerprint density at radius 3 is 0.792 bits per heavy atom. The van der Waals surface area contributed by atoms with Crippen LogP contribution in [0.25, 0.3) is 22.3 Å². The van der Waals surface area contributed by atoms with Gasteiger partial charge in [-0.3, -0.25) is 0 Å². The van der Waals surface area contributed by atoms with Crippen molar-refractivity contribution >= 4 is 0 Å². The average molecular weight is 641 g/mol. The fourth-order valence-electron chi connectivity index (χ4n) is 4.68. The molecule has 0 unspecified atom stereocenters. The molecule has 1 aliphatic rings. The first kappa shape index (κ1) is 33.5. The second-order valence-corrected chi connectivity index (χ2v) is 10.0. The van der Waals surface area contributed by atoms with Crippen LogP contribution >= 0.6 is 0 Å². The minimum atomic E-state index is 0.0608. The Bertz CT molecular complexity index is 1730. The van der Waals surface area contributed by atoms with Crippen molar-refractivity contribution in [3.8, 4) is 92.6 Å². The van der Waals surface area contributed by atoms with Gasteiger partial charge in [-0.25, -0.2) is 0 Å². The highest BCUT2D eigenvalue weighted by Gasteiger charge is 2.16. The third-order valence-electron chi connectivity index (χ3n) is 6.78. The van der Waals surface area contributed by atoms with E-state index in [1.807, 2.05) is 72.8 Å². The molecule has 0 aromatic heterocycles. The van der Waals surface area contributed by atoms with Gasteiger partial charge in [-0.1, -0.05) is 23.7 Å². The van der Waals surface area contributed by atoms with E-state index in [2.05, 4.69) is 47.4 Å². The van der Waals surface area contributed by atoms with Crippen LogP contribution < -0.4 is 18.9 Å². The van der Waals surface area contributed by atoms with E-state index in [-0.39, 0.29) is 27.2 Å². The number of hydrogen-bond donors (Lipinski definition) is 0. The lowest BCUT2D eigenvalue weighted by molar-refractivity contribution is 0.0500. The van der Waals surface area contributed by atoms with Gasteiger partial charge in [-0.05, 0) is 96.5 Å². The summed E-state index contributed by atoms with van der Waals surface area (Å²) in [5.41, 5.74) is 5.84. The van der Waals surface area contributed by atoms with Crippen LogP contribution in [-0.4, -0.2) is 55.6 Å². The van der Waals surface area contributed by atoms with Crippen LogP contribution in [0.5, 0.6) is 23.0 Å². The van der Waals surface area contributed by atoms with Crippen molar-refractivity contribution in [2.45, 2.75) is 0 Å². The molecule has 0 spiro atoms. The van der Waals surface area contributed by atoms with Crippen molar-refractivity contribution in [3.05, 3.63) is 95.1 Å². The fourth-order valence-corrected chi connectivity index (χ4v) is 4.68. The van der Waals surface area contributed by atoms with Crippen molar-refractivity contribution in [1.29, 1.82) is 0 Å². The number of hydrogen-bond acceptors (Lipinski definition) is 8. The normalized spacial score (nSPS) is 10.8. The molecule has 0 saturated heterocycles. The molecular weight excluding hydrogens is 608 g/mol. The zero-order valence-electron chi connectivity index (χ0n) is 27.0. The number of rotatable bonds is 12. The molecule has 4 aromatic rings. The smallest absolute Gasteiger partial charge is 0.188 e. The fraction of sp³-hybridized carbons (Fsp3) is 0.200. The molecule has 0 saturated carbocycles. The van der Waals surface area contributed by atoms with Gasteiger partial charge in [0.25, 0.3) is 0 Å². The molecule has 0 atom stereocenters. The van der Waals surface area contributed by atoms with Gasteiger partial charge < -0.3 is 37.9 Å². The molecular formula is C40H32O8. The Morgan fingerprint density at radius 1 is 0.354 bits per heavy atom. The van der Waals surface area contributed by atoms with Crippen LogP contribution in [0.1, 0.15) is 22.3 Å². The van der Waals surface area contributed by atoms with E-state index in [9.17, 15) is 0 Å². The van der Waals surface area contributed by atoms with Crippen LogP contribution in [0.4, 0.5) is 0 Å². The van der Waals surface area contributed by atoms with Crippen LogP contribution in [0.3, 0.4) is 0 Å². The molecule has 4 aromatic carbocycles. The van der Waals surface area contributed by atoms with Gasteiger partial charge in [0.05, 0.1) is 0 Å². The van der Waals surface area contributed by atoms with Gasteiger partial charge in [0.1, 0.15) is 23.0 Å². The zero-order chi connectivity index (χ0) is 33.6. The predicted molar refractivity (Wildman–Crippen MR) is 181 cm³/mol. The van der Waals surface area contributed by atoms with Gasteiger partial charge in [0, 0.05) is 72.9 Å². The molecule has 0 amide bonds. The third kappa shape index (κ3) is 8.69. The number of ether oxygens (including phenoxy) is 8. The molecule has 8 heteroatoms. The molecule has 8 bridgehead atoms. The minimum Gasteiger partial charge on any atom is -0.467 e. The molecule has 0 N–H and O–H groups in total. The van der Waals surface area contributed by atoms with Crippen LogP contribution in [0.15, 0.2) is 72.8 Å². The summed E-state index contributed by atoms with van der Waals surface area (Å²) in [6.45, 7) is 0.243. The molecule has 0 radical (unpaired) electrons. The van der Waals surface area contributed by atoms with Crippen LogP contribution in [0.2, 0.25) is 0 Å². The number of benzene rings is 4. The maximum Gasteiger partial charge on any atom is 0.188 e. The summed E-state index contributed by atoms with van der Waals surface area (Å²) in [6.07, 6.45) is 0. The maximum atomic E-state index is 5.92. The van der Waals surface area contributed by atoms with E-state index >= 15 is 0 Å². The minimum absolute atomic E-state index is 0.0608. The van der Waals surface area contributed by atoms with Crippen molar-refractivity contribution in [2.75, 3.05) is 55.6 Å². The van der Waals surface area contributed by atoms with E-state index in [1.165, 1.54) is 0 Å². The summed E-state index contributed by atoms with van der Waals surface area (Å²) in [5, 5.41) is 0. The van der Waals surface area contributed by atoms with Crippen molar-refractivity contribution in [3.63, 3.8) is 0 Å². The van der Waals surface area contributed by atoms with Crippen molar-refractivity contribution in [1.82, 2.24) is 0 Å². The summed E-state index contributed by atoms with van der Waals surface area (Å²) in [4.78, 5) is 0. The molecule has 0 fully saturated rings. The Labute approximate surface area is 280 Å². The molecule has 0 heterocycles. The van der Waals surface area contributed by atoms with Gasteiger partial charge in [0.15, 0.2) is 27.2 Å². The largest absolute Gasteiger partial charge is 0.467 e. The van der Waals surface area contributed by atoms with E-state index in [1.54, 1.807) is 28.4 Å². The third-order valence-corrected chi connectivity index (χ3v) is 6.78. The van der Waals surface area contributed by atoms with E-state index in [0.717, 1.165) is 44.5 Å². The van der Waals surface area contributed by atoms with Crippen molar-refractivity contribution in [2.24, 2.45) is 0 Å². The lowest BCUT2D eigenvalue weighted by atomic mass is 9.98. The quantitative estimate of drug-likeness (QED) is 0.137. The maximum absolute atomic E-state index is 5.92. The molecule has 0 aliphatic heterocycles. The second kappa shape index (κ2) is 17.2. The second-order valence-electron chi connectivity index (χ2n) is 10.0. The molecule has 1 aliphatic carbocycles. The lowest BCUT2D eigenvalue weighted by Crippen LogP contribution is -2.03. The highest BCUT2D eigenvalue weighted by atomic mass is 16.7. The van der Waals surface area contributed by atoms with Crippen LogP contribution in [0, 0.1) is 47.4 Å². The van der Waals surface area contributed by atoms with E-state index in [4.69, 9.17) is 37.9 Å². The SMILES string of the molecule is COCOc1ccc2cc1-c1cc(ccc1OCOC)C#CC#Cc1ccc(OCOC)c(c1)-c1cc(ccc1OCOC)C#CC#C2. The Balaban J connectivity index is 1.70. The summed E-state index contributed by atoms with van der Waals surface area (Å²) in [5.74, 6) is 26.8. The van der Waals surface area contributed by atoms with Crippen LogP contribution in [-0.2, 0) is 18.9 Å². The molecule has 48 heavy (non-hydrogen) atoms. The first-order chi connectivity index (χ1) is 23.6. The summed E-state index contributed by atoms with van der Waals surface area (Å²) >= 11 is 0. The average Bonchev–Trinajstić information content (AvgIpc) is 3.12. The molecule has 5 rings (SSSR count). The number of fused-ring (bicyclic) bond motifs is 10. The van der Waals surface area contributed by atoms with Gasteiger partial charge >= 0.3 is 0 Å². The van der Waals surface area contributed by atoms with Crippen molar-refractivity contribution < 1.29 is 37.9 Å². The Morgan fingerprint density at radius 2 is 0.583 bits per heavy atom. The zero-order valence-corrected chi connectivity index (χ0v) is 27.0. The highest BCUT2D eigenvalue weighted by molar-refractivity contribution is 5.80. The topological polar surface area (TPSA) is 73.8 Å². The lowest BCUT2D eigenvalue weighted by Gasteiger charge is -2.16. The van der Waals surface area contributed by atoms with Gasteiger partial charge in [-0.2, -0.15) is 0 Å². The first-order valence-electron chi connectivity index (χ1n) is 14.7. The number of methoxy groups -OCH3 is 4. The first-order valence-corrected chi connectivity index (χ1v) is 14.7. The summed E-state index contributed by atoms with van der Waals surface area (Å²) in [7, 11) is 6.26. The highest BCUT2D eigenvalue weighted by Crippen LogP contribution is 2.39. The summed E-state index contributed by atoms with van der Waals surface area (Å²) in [6, 6.07) is 22.4. The summed E-state index contributed by atoms with van der Waals surface area (Å²) < 4.78 is 44.4. The standard InChI is InChI=1S/C40H32O8/c1-41-25-45-37-17-13-29-9-5-6-11-31-15-19-39(47-27-43-3)35(23-31)36-24-32(16-20-40(36)48-28-44-4)12-8-7-10-30-14-18-38(46-26-42-2)34(22-30)33(37)21-29/h13-24H,25-28H2,1-4H3. The monoisotopic (exact) mass is 640 g/mol. The Hall–Kier alpha value is -5.84. The predicted octanol–water partition coefficient (Wildman–Crippen LogP) is 6.07. The molecule has 8 nitrogen and oxygen atoms in total. The molecule has 240 valence electrons. The van der Waals surface area contributed by atoms with Gasteiger partial charge in [-0.15, -0.1) is 0 Å². The van der Waals surface area contributed by atoms with Gasteiger partial charge in [0.2, 0.25) is 0 Å². The Kier molecular flexibility index (Phi) is 12.0.